The van der Waals surface area contributed by atoms with Gasteiger partial charge in [-0.05, 0) is 23.8 Å². The smallest absolute Gasteiger partial charge is 0.268 e. The van der Waals surface area contributed by atoms with Crippen molar-refractivity contribution in [1.29, 1.82) is 5.26 Å². The monoisotopic (exact) mass is 302 g/mol. The highest BCUT2D eigenvalue weighted by molar-refractivity contribution is 7.07. The number of thiazole rings is 1. The van der Waals surface area contributed by atoms with Crippen LogP contribution in [0.15, 0.2) is 23.0 Å². The Hall–Kier alpha value is -2.52. The van der Waals surface area contributed by atoms with Crippen LogP contribution in [0.1, 0.15) is 5.56 Å². The molecule has 6 heteroatoms. The zero-order valence-electron chi connectivity index (χ0n) is 11.9. The van der Waals surface area contributed by atoms with Gasteiger partial charge in [0.15, 0.2) is 0 Å². The second-order valence-corrected chi connectivity index (χ2v) is 5.29. The maximum absolute atomic E-state index is 12.1. The Bertz CT molecular complexity index is 850. The molecule has 0 saturated heterocycles. The van der Waals surface area contributed by atoms with Crippen molar-refractivity contribution in [3.05, 3.63) is 43.3 Å². The first-order valence-electron chi connectivity index (χ1n) is 6.09. The number of nitrogens with zero attached hydrogens (tertiary/aromatic N) is 2. The molecule has 0 radical (unpaired) electrons. The number of methoxy groups -OCH3 is 2. The molecule has 0 N–H and O–H groups in total. The first-order chi connectivity index (χ1) is 10.1. The standard InChI is InChI=1S/C15H14N2O3S/c1-17-14(4-5-16)21-13(15(17)18)8-10-6-11(19-2)9-12(7-10)20-3/h4,6-9H,1-3H3/b13-8-,14-4-. The molecule has 0 fully saturated rings. The van der Waals surface area contributed by atoms with Crippen molar-refractivity contribution in [2.75, 3.05) is 14.2 Å². The Balaban J connectivity index is 2.65. The number of hydrogen-bond donors (Lipinski definition) is 0. The molecule has 0 unspecified atom stereocenters. The summed E-state index contributed by atoms with van der Waals surface area (Å²) in [5.41, 5.74) is 0.664. The molecular weight excluding hydrogens is 288 g/mol. The van der Waals surface area contributed by atoms with Crippen molar-refractivity contribution in [1.82, 2.24) is 4.57 Å². The summed E-state index contributed by atoms with van der Waals surface area (Å²) in [4.78, 5) is 12.1. The Kier molecular flexibility index (Phi) is 4.45. The van der Waals surface area contributed by atoms with Gasteiger partial charge in [0.1, 0.15) is 16.2 Å². The van der Waals surface area contributed by atoms with Crippen LogP contribution in [0, 0.1) is 11.3 Å². The molecule has 0 aliphatic rings. The van der Waals surface area contributed by atoms with Gasteiger partial charge in [0.05, 0.1) is 24.8 Å². The molecule has 2 rings (SSSR count). The maximum Gasteiger partial charge on any atom is 0.268 e. The van der Waals surface area contributed by atoms with Crippen molar-refractivity contribution in [2.45, 2.75) is 0 Å². The van der Waals surface area contributed by atoms with Crippen molar-refractivity contribution < 1.29 is 9.47 Å². The van der Waals surface area contributed by atoms with E-state index in [2.05, 4.69) is 0 Å². The maximum atomic E-state index is 12.1. The van der Waals surface area contributed by atoms with Crippen molar-refractivity contribution in [3.8, 4) is 17.6 Å². The van der Waals surface area contributed by atoms with Crippen LogP contribution in [0.5, 0.6) is 11.5 Å². The third-order valence-corrected chi connectivity index (χ3v) is 4.03. The van der Waals surface area contributed by atoms with Crippen LogP contribution in [-0.2, 0) is 7.05 Å². The highest BCUT2D eigenvalue weighted by atomic mass is 32.1. The molecule has 0 spiro atoms. The predicted molar refractivity (Wildman–Crippen MR) is 82.0 cm³/mol. The highest BCUT2D eigenvalue weighted by Crippen LogP contribution is 2.22. The number of benzene rings is 1. The lowest BCUT2D eigenvalue weighted by atomic mass is 10.2. The second-order valence-electron chi connectivity index (χ2n) is 4.23. The minimum atomic E-state index is -0.136. The normalized spacial score (nSPS) is 12.3. The van der Waals surface area contributed by atoms with Crippen LogP contribution in [-0.4, -0.2) is 18.8 Å². The molecule has 0 atom stereocenters. The minimum Gasteiger partial charge on any atom is -0.497 e. The van der Waals surface area contributed by atoms with E-state index >= 15 is 0 Å². The fourth-order valence-corrected chi connectivity index (χ4v) is 2.80. The van der Waals surface area contributed by atoms with Crippen molar-refractivity contribution >= 4 is 23.5 Å². The number of rotatable bonds is 3. The summed E-state index contributed by atoms with van der Waals surface area (Å²) in [5.74, 6) is 1.30. The number of nitriles is 1. The van der Waals surface area contributed by atoms with E-state index in [1.165, 1.54) is 22.0 Å². The van der Waals surface area contributed by atoms with E-state index in [9.17, 15) is 4.79 Å². The summed E-state index contributed by atoms with van der Waals surface area (Å²) in [6, 6.07) is 7.33. The van der Waals surface area contributed by atoms with Crippen LogP contribution in [0.3, 0.4) is 0 Å². The van der Waals surface area contributed by atoms with Gasteiger partial charge < -0.3 is 14.0 Å². The van der Waals surface area contributed by atoms with Crippen LogP contribution in [0.25, 0.3) is 12.2 Å². The van der Waals surface area contributed by atoms with Gasteiger partial charge in [-0.25, -0.2) is 0 Å². The Morgan fingerprint density at radius 1 is 1.24 bits per heavy atom. The SMILES string of the molecule is COc1cc(/C=c2\s/c(=C\C#N)n(C)c2=O)cc(OC)c1. The summed E-state index contributed by atoms with van der Waals surface area (Å²) in [6.45, 7) is 0. The van der Waals surface area contributed by atoms with Gasteiger partial charge in [0, 0.05) is 19.2 Å². The van der Waals surface area contributed by atoms with E-state index in [1.54, 1.807) is 33.4 Å². The molecule has 0 bridgehead atoms. The van der Waals surface area contributed by atoms with E-state index in [0.29, 0.717) is 20.7 Å². The summed E-state index contributed by atoms with van der Waals surface area (Å²) >= 11 is 1.27. The topological polar surface area (TPSA) is 64.2 Å². The molecule has 1 aromatic heterocycles. The molecule has 5 nitrogen and oxygen atoms in total. The van der Waals surface area contributed by atoms with Crippen LogP contribution in [0.2, 0.25) is 0 Å². The Labute approximate surface area is 125 Å². The number of hydrogen-bond acceptors (Lipinski definition) is 5. The summed E-state index contributed by atoms with van der Waals surface area (Å²) < 4.78 is 13.0. The summed E-state index contributed by atoms with van der Waals surface area (Å²) in [6.07, 6.45) is 3.11. The molecule has 0 amide bonds. The quantitative estimate of drug-likeness (QED) is 0.833. The number of ether oxygens (including phenoxy) is 2. The first kappa shape index (κ1) is 14.9. The minimum absolute atomic E-state index is 0.136. The molecule has 1 heterocycles. The largest absolute Gasteiger partial charge is 0.497 e. The van der Waals surface area contributed by atoms with E-state index in [4.69, 9.17) is 14.7 Å². The zero-order chi connectivity index (χ0) is 15.4. The van der Waals surface area contributed by atoms with Crippen molar-refractivity contribution in [2.24, 2.45) is 7.05 Å². The fraction of sp³-hybridized carbons (Fsp3) is 0.200. The van der Waals surface area contributed by atoms with Crippen LogP contribution >= 0.6 is 11.3 Å². The zero-order valence-corrected chi connectivity index (χ0v) is 12.7. The molecule has 108 valence electrons. The van der Waals surface area contributed by atoms with Crippen molar-refractivity contribution in [3.63, 3.8) is 0 Å². The fourth-order valence-electron chi connectivity index (χ4n) is 1.83. The molecule has 0 aliphatic carbocycles. The van der Waals surface area contributed by atoms with E-state index < -0.39 is 0 Å². The van der Waals surface area contributed by atoms with Gasteiger partial charge in [0.25, 0.3) is 5.56 Å². The van der Waals surface area contributed by atoms with E-state index in [-0.39, 0.29) is 5.56 Å². The Morgan fingerprint density at radius 3 is 2.38 bits per heavy atom. The van der Waals surface area contributed by atoms with Gasteiger partial charge in [-0.15, -0.1) is 11.3 Å². The van der Waals surface area contributed by atoms with Gasteiger partial charge in [0.2, 0.25) is 0 Å². The lowest BCUT2D eigenvalue weighted by molar-refractivity contribution is 0.394. The second kappa shape index (κ2) is 6.29. The van der Waals surface area contributed by atoms with Crippen LogP contribution in [0.4, 0.5) is 0 Å². The van der Waals surface area contributed by atoms with Gasteiger partial charge in [-0.3, -0.25) is 4.79 Å². The predicted octanol–water partition coefficient (Wildman–Crippen LogP) is 0.597. The Morgan fingerprint density at radius 2 is 1.86 bits per heavy atom. The summed E-state index contributed by atoms with van der Waals surface area (Å²) in [5, 5.41) is 8.71. The van der Waals surface area contributed by atoms with Gasteiger partial charge in [-0.1, -0.05) is 0 Å². The third kappa shape index (κ3) is 3.15. The molecular formula is C15H14N2O3S. The van der Waals surface area contributed by atoms with Gasteiger partial charge in [-0.2, -0.15) is 5.26 Å². The third-order valence-electron chi connectivity index (χ3n) is 2.92. The van der Waals surface area contributed by atoms with E-state index in [0.717, 1.165) is 5.56 Å². The number of aromatic nitrogens is 1. The molecule has 2 aromatic rings. The average molecular weight is 302 g/mol. The first-order valence-corrected chi connectivity index (χ1v) is 6.91. The molecule has 0 saturated carbocycles. The lowest BCUT2D eigenvalue weighted by Gasteiger charge is -2.05. The highest BCUT2D eigenvalue weighted by Gasteiger charge is 2.03. The molecule has 21 heavy (non-hydrogen) atoms. The molecule has 0 aliphatic heterocycles. The van der Waals surface area contributed by atoms with Crippen LogP contribution < -0.4 is 24.2 Å². The summed E-state index contributed by atoms with van der Waals surface area (Å²) in [7, 11) is 4.79. The van der Waals surface area contributed by atoms with E-state index in [1.807, 2.05) is 18.2 Å². The van der Waals surface area contributed by atoms with Gasteiger partial charge >= 0.3 is 0 Å². The average Bonchev–Trinajstić information content (AvgIpc) is 2.75. The lowest BCUT2D eigenvalue weighted by Crippen LogP contribution is -2.28. The molecule has 1 aromatic carbocycles.